The van der Waals surface area contributed by atoms with Crippen LogP contribution >= 0.6 is 0 Å². The van der Waals surface area contributed by atoms with Crippen LogP contribution in [0.4, 0.5) is 0 Å². The monoisotopic (exact) mass is 403 g/mol. The van der Waals surface area contributed by atoms with Crippen molar-refractivity contribution in [1.82, 2.24) is 4.31 Å². The lowest BCUT2D eigenvalue weighted by Crippen LogP contribution is -3.15. The summed E-state index contributed by atoms with van der Waals surface area (Å²) in [6, 6.07) is 16.9. The summed E-state index contributed by atoms with van der Waals surface area (Å²) in [5.74, 6) is 0. The minimum Gasteiger partial charge on any atom is -0.382 e. The van der Waals surface area contributed by atoms with Gasteiger partial charge < -0.3 is 10.0 Å². The standard InChI is InChI=1S/C22H30N2O3S/c1-22(2,3)19-9-11-20(12-10-19)28(26,27)24-15-13-23(14-16-24)17-21(25)18-7-5-4-6-8-18/h4-12,21,25H,13-17H2,1-3H3/p+1/t21-/m1/s1. The second-order valence-corrected chi connectivity index (χ2v) is 10.5. The molecule has 28 heavy (non-hydrogen) atoms. The van der Waals surface area contributed by atoms with Crippen molar-refractivity contribution in [2.45, 2.75) is 37.2 Å². The van der Waals surface area contributed by atoms with E-state index in [1.165, 1.54) is 4.90 Å². The second-order valence-electron chi connectivity index (χ2n) is 8.56. The van der Waals surface area contributed by atoms with Crippen molar-refractivity contribution in [1.29, 1.82) is 0 Å². The van der Waals surface area contributed by atoms with Gasteiger partial charge in [0.25, 0.3) is 0 Å². The first-order valence-electron chi connectivity index (χ1n) is 9.85. The van der Waals surface area contributed by atoms with E-state index in [1.54, 1.807) is 16.4 Å². The van der Waals surface area contributed by atoms with Crippen molar-refractivity contribution < 1.29 is 18.4 Å². The zero-order valence-corrected chi connectivity index (χ0v) is 17.7. The molecule has 0 amide bonds. The summed E-state index contributed by atoms with van der Waals surface area (Å²) in [5, 5.41) is 10.4. The number of hydrogen-bond donors (Lipinski definition) is 2. The number of sulfonamides is 1. The Labute approximate surface area is 168 Å². The van der Waals surface area contributed by atoms with Crippen molar-refractivity contribution in [2.24, 2.45) is 0 Å². The minimum atomic E-state index is -3.47. The van der Waals surface area contributed by atoms with E-state index >= 15 is 0 Å². The van der Waals surface area contributed by atoms with Crippen molar-refractivity contribution in [3.8, 4) is 0 Å². The molecule has 0 unspecified atom stereocenters. The summed E-state index contributed by atoms with van der Waals surface area (Å²) in [6.07, 6.45) is -0.524. The molecule has 5 nitrogen and oxygen atoms in total. The fraction of sp³-hybridized carbons (Fsp3) is 0.455. The van der Waals surface area contributed by atoms with E-state index in [-0.39, 0.29) is 5.41 Å². The first-order valence-corrected chi connectivity index (χ1v) is 11.3. The Morgan fingerprint density at radius 3 is 2.11 bits per heavy atom. The number of aliphatic hydroxyl groups excluding tert-OH is 1. The fourth-order valence-corrected chi connectivity index (χ4v) is 5.03. The van der Waals surface area contributed by atoms with Crippen molar-refractivity contribution in [3.05, 3.63) is 65.7 Å². The Hall–Kier alpha value is -1.73. The lowest BCUT2D eigenvalue weighted by Gasteiger charge is -2.32. The van der Waals surface area contributed by atoms with Crippen LogP contribution in [0, 0.1) is 0 Å². The van der Waals surface area contributed by atoms with Gasteiger partial charge in [0.05, 0.1) is 31.1 Å². The molecule has 0 aliphatic carbocycles. The first-order chi connectivity index (χ1) is 13.2. The van der Waals surface area contributed by atoms with Gasteiger partial charge in [-0.05, 0) is 28.7 Å². The van der Waals surface area contributed by atoms with Gasteiger partial charge in [0, 0.05) is 0 Å². The summed E-state index contributed by atoms with van der Waals surface area (Å²) in [6.45, 7) is 9.28. The molecule has 1 heterocycles. The Morgan fingerprint density at radius 2 is 1.57 bits per heavy atom. The summed E-state index contributed by atoms with van der Waals surface area (Å²) in [4.78, 5) is 1.58. The number of hydrogen-bond acceptors (Lipinski definition) is 3. The topological polar surface area (TPSA) is 62.0 Å². The molecule has 3 rings (SSSR count). The Morgan fingerprint density at radius 1 is 1.00 bits per heavy atom. The zero-order valence-electron chi connectivity index (χ0n) is 16.9. The van der Waals surface area contributed by atoms with E-state index in [1.807, 2.05) is 42.5 Å². The van der Waals surface area contributed by atoms with Crippen LogP contribution in [0.3, 0.4) is 0 Å². The molecule has 1 fully saturated rings. The smallest absolute Gasteiger partial charge is 0.243 e. The van der Waals surface area contributed by atoms with Crippen LogP contribution in [0.25, 0.3) is 0 Å². The van der Waals surface area contributed by atoms with E-state index in [2.05, 4.69) is 20.8 Å². The highest BCUT2D eigenvalue weighted by Crippen LogP contribution is 2.24. The minimum absolute atomic E-state index is 0.00311. The molecule has 1 aliphatic heterocycles. The average Bonchev–Trinajstić information content (AvgIpc) is 2.68. The van der Waals surface area contributed by atoms with Crippen LogP contribution < -0.4 is 4.90 Å². The number of quaternary nitrogens is 1. The van der Waals surface area contributed by atoms with Crippen molar-refractivity contribution >= 4 is 10.0 Å². The van der Waals surface area contributed by atoms with Gasteiger partial charge in [-0.2, -0.15) is 4.31 Å². The summed E-state index contributed by atoms with van der Waals surface area (Å²) >= 11 is 0. The number of aliphatic hydroxyl groups is 1. The second kappa shape index (κ2) is 8.33. The Bertz CT molecular complexity index is 866. The Balaban J connectivity index is 1.60. The van der Waals surface area contributed by atoms with Gasteiger partial charge in [-0.25, -0.2) is 8.42 Å². The molecule has 1 saturated heterocycles. The third kappa shape index (κ3) is 4.81. The molecule has 6 heteroatoms. The molecule has 0 spiro atoms. The van der Waals surface area contributed by atoms with E-state index in [0.29, 0.717) is 37.6 Å². The van der Waals surface area contributed by atoms with Gasteiger partial charge in [0.15, 0.2) is 0 Å². The first kappa shape index (κ1) is 21.0. The lowest BCUT2D eigenvalue weighted by molar-refractivity contribution is -0.907. The van der Waals surface area contributed by atoms with Gasteiger partial charge in [-0.1, -0.05) is 63.2 Å². The number of nitrogens with one attached hydrogen (secondary N) is 1. The predicted octanol–water partition coefficient (Wildman–Crippen LogP) is 1.61. The maximum atomic E-state index is 13.0. The highest BCUT2D eigenvalue weighted by molar-refractivity contribution is 7.89. The summed E-state index contributed by atoms with van der Waals surface area (Å²) < 4.78 is 27.5. The van der Waals surface area contributed by atoms with E-state index in [4.69, 9.17) is 0 Å². The lowest BCUT2D eigenvalue weighted by atomic mass is 9.87. The van der Waals surface area contributed by atoms with Gasteiger partial charge in [-0.15, -0.1) is 0 Å². The summed E-state index contributed by atoms with van der Waals surface area (Å²) in [7, 11) is -3.47. The van der Waals surface area contributed by atoms with Crippen LogP contribution in [-0.2, 0) is 15.4 Å². The molecule has 0 radical (unpaired) electrons. The maximum absolute atomic E-state index is 13.0. The molecule has 2 N–H and O–H groups in total. The zero-order chi connectivity index (χ0) is 20.4. The predicted molar refractivity (Wildman–Crippen MR) is 111 cm³/mol. The number of nitrogens with zero attached hydrogens (tertiary/aromatic N) is 1. The van der Waals surface area contributed by atoms with E-state index in [0.717, 1.165) is 11.1 Å². The Kier molecular flexibility index (Phi) is 6.25. The number of rotatable bonds is 5. The van der Waals surface area contributed by atoms with Crippen molar-refractivity contribution in [2.75, 3.05) is 32.7 Å². The van der Waals surface area contributed by atoms with Crippen LogP contribution in [0.2, 0.25) is 0 Å². The highest BCUT2D eigenvalue weighted by Gasteiger charge is 2.31. The number of benzene rings is 2. The normalized spacial score (nSPS) is 18.1. The SMILES string of the molecule is CC(C)(C)c1ccc(S(=O)(=O)N2CC[NH+](C[C@@H](O)c3ccccc3)CC2)cc1. The average molecular weight is 404 g/mol. The summed E-state index contributed by atoms with van der Waals surface area (Å²) in [5.41, 5.74) is 2.02. The fourth-order valence-electron chi connectivity index (χ4n) is 3.59. The number of piperazine rings is 1. The maximum Gasteiger partial charge on any atom is 0.243 e. The van der Waals surface area contributed by atoms with Gasteiger partial charge in [0.2, 0.25) is 10.0 Å². The van der Waals surface area contributed by atoms with Gasteiger partial charge >= 0.3 is 0 Å². The highest BCUT2D eigenvalue weighted by atomic mass is 32.2. The van der Waals surface area contributed by atoms with Crippen LogP contribution in [0.15, 0.2) is 59.5 Å². The molecular weight excluding hydrogens is 372 g/mol. The quantitative estimate of drug-likeness (QED) is 0.797. The molecule has 0 aromatic heterocycles. The molecule has 1 aliphatic rings. The molecular formula is C22H31N2O3S+. The molecule has 2 aromatic carbocycles. The van der Waals surface area contributed by atoms with Crippen LogP contribution in [-0.4, -0.2) is 50.6 Å². The van der Waals surface area contributed by atoms with Crippen LogP contribution in [0.1, 0.15) is 38.0 Å². The third-order valence-electron chi connectivity index (χ3n) is 5.45. The van der Waals surface area contributed by atoms with E-state index in [9.17, 15) is 13.5 Å². The van der Waals surface area contributed by atoms with Crippen molar-refractivity contribution in [3.63, 3.8) is 0 Å². The molecule has 0 saturated carbocycles. The largest absolute Gasteiger partial charge is 0.382 e. The van der Waals surface area contributed by atoms with Crippen LogP contribution in [0.5, 0.6) is 0 Å². The van der Waals surface area contributed by atoms with Gasteiger partial charge in [-0.3, -0.25) is 0 Å². The van der Waals surface area contributed by atoms with Gasteiger partial charge in [0.1, 0.15) is 12.6 Å². The molecule has 1 atom stereocenters. The molecule has 2 aromatic rings. The third-order valence-corrected chi connectivity index (χ3v) is 7.37. The molecule has 152 valence electrons. The molecule has 0 bridgehead atoms. The van der Waals surface area contributed by atoms with E-state index < -0.39 is 16.1 Å².